The van der Waals surface area contributed by atoms with Gasteiger partial charge in [-0.2, -0.15) is 0 Å². The van der Waals surface area contributed by atoms with E-state index in [1.54, 1.807) is 12.0 Å². The van der Waals surface area contributed by atoms with Crippen LogP contribution in [0, 0.1) is 5.92 Å². The largest absolute Gasteiger partial charge is 0.497 e. The molecule has 1 fully saturated rings. The molecule has 1 unspecified atom stereocenters. The maximum absolute atomic E-state index is 12.8. The minimum Gasteiger partial charge on any atom is -0.497 e. The van der Waals surface area contributed by atoms with E-state index >= 15 is 0 Å². The number of carbonyl (C=O) groups is 2. The van der Waals surface area contributed by atoms with Gasteiger partial charge >= 0.3 is 5.97 Å². The average Bonchev–Trinajstić information content (AvgIpc) is 3.14. The molecule has 5 nitrogen and oxygen atoms in total. The van der Waals surface area contributed by atoms with Gasteiger partial charge in [-0.25, -0.2) is 0 Å². The number of amides is 1. The van der Waals surface area contributed by atoms with Gasteiger partial charge in [0.15, 0.2) is 0 Å². The van der Waals surface area contributed by atoms with Crippen LogP contribution in [0.4, 0.5) is 0 Å². The summed E-state index contributed by atoms with van der Waals surface area (Å²) in [5.74, 6) is -0.784. The van der Waals surface area contributed by atoms with E-state index in [4.69, 9.17) is 4.74 Å². The second kappa shape index (κ2) is 8.25. The first-order valence-corrected chi connectivity index (χ1v) is 9.19. The van der Waals surface area contributed by atoms with Gasteiger partial charge in [0.1, 0.15) is 5.75 Å². The standard InChI is InChI=1S/C22H25NO4/c1-15(17-9-6-10-18(12-17)27-2)11-21(24)23-13-19(20(14-23)22(25)26)16-7-4-3-5-8-16/h3-10,12,15,19-20H,11,13-14H2,1-2H3,(H,25,26)/t15?,19-,20-/m0/s1. The van der Waals surface area contributed by atoms with Gasteiger partial charge < -0.3 is 14.7 Å². The number of carbonyl (C=O) groups excluding carboxylic acids is 1. The molecule has 0 radical (unpaired) electrons. The Bertz CT molecular complexity index is 805. The zero-order valence-corrected chi connectivity index (χ0v) is 15.7. The van der Waals surface area contributed by atoms with Crippen molar-refractivity contribution in [1.29, 1.82) is 0 Å². The van der Waals surface area contributed by atoms with Gasteiger partial charge in [0.05, 0.1) is 13.0 Å². The molecule has 0 spiro atoms. The summed E-state index contributed by atoms with van der Waals surface area (Å²) in [5.41, 5.74) is 2.01. The second-order valence-electron chi connectivity index (χ2n) is 7.14. The van der Waals surface area contributed by atoms with Crippen LogP contribution in [-0.4, -0.2) is 42.1 Å². The SMILES string of the molecule is COc1cccc(C(C)CC(=O)N2C[C@H](C(=O)O)[C@H](c3ccccc3)C2)c1. The molecule has 2 aromatic carbocycles. The van der Waals surface area contributed by atoms with E-state index in [-0.39, 0.29) is 24.3 Å². The summed E-state index contributed by atoms with van der Waals surface area (Å²) in [4.78, 5) is 26.2. The maximum Gasteiger partial charge on any atom is 0.308 e. The number of ether oxygens (including phenoxy) is 1. The van der Waals surface area contributed by atoms with Crippen molar-refractivity contribution in [2.24, 2.45) is 5.92 Å². The number of carboxylic acid groups (broad SMARTS) is 1. The number of likely N-dealkylation sites (tertiary alicyclic amines) is 1. The summed E-state index contributed by atoms with van der Waals surface area (Å²) in [7, 11) is 1.62. The van der Waals surface area contributed by atoms with Crippen LogP contribution < -0.4 is 4.74 Å². The maximum atomic E-state index is 12.8. The van der Waals surface area contributed by atoms with Crippen molar-refractivity contribution in [2.75, 3.05) is 20.2 Å². The lowest BCUT2D eigenvalue weighted by Crippen LogP contribution is -2.30. The van der Waals surface area contributed by atoms with E-state index in [9.17, 15) is 14.7 Å². The molecule has 3 rings (SSSR count). The monoisotopic (exact) mass is 367 g/mol. The molecule has 1 aliphatic heterocycles. The highest BCUT2D eigenvalue weighted by atomic mass is 16.5. The van der Waals surface area contributed by atoms with Crippen LogP contribution in [0.25, 0.3) is 0 Å². The van der Waals surface area contributed by atoms with Crippen LogP contribution in [0.2, 0.25) is 0 Å². The van der Waals surface area contributed by atoms with Gasteiger partial charge in [0.2, 0.25) is 5.91 Å². The molecule has 0 saturated carbocycles. The van der Waals surface area contributed by atoms with Crippen molar-refractivity contribution in [1.82, 2.24) is 4.90 Å². The Labute approximate surface area is 159 Å². The van der Waals surface area contributed by atoms with Crippen LogP contribution in [0.5, 0.6) is 5.75 Å². The fourth-order valence-electron chi connectivity index (χ4n) is 3.75. The average molecular weight is 367 g/mol. The van der Waals surface area contributed by atoms with E-state index in [1.165, 1.54) is 0 Å². The van der Waals surface area contributed by atoms with Crippen LogP contribution in [0.15, 0.2) is 54.6 Å². The first-order valence-electron chi connectivity index (χ1n) is 9.19. The molecule has 1 heterocycles. The zero-order valence-electron chi connectivity index (χ0n) is 15.7. The molecule has 2 aromatic rings. The van der Waals surface area contributed by atoms with Gasteiger partial charge in [0, 0.05) is 25.4 Å². The van der Waals surface area contributed by atoms with Crippen LogP contribution in [0.1, 0.15) is 36.3 Å². The van der Waals surface area contributed by atoms with E-state index in [0.29, 0.717) is 13.0 Å². The summed E-state index contributed by atoms with van der Waals surface area (Å²) in [6.07, 6.45) is 0.348. The van der Waals surface area contributed by atoms with Gasteiger partial charge in [-0.1, -0.05) is 49.4 Å². The summed E-state index contributed by atoms with van der Waals surface area (Å²) in [6, 6.07) is 17.3. The molecule has 1 amide bonds. The van der Waals surface area contributed by atoms with E-state index in [2.05, 4.69) is 0 Å². The smallest absolute Gasteiger partial charge is 0.308 e. The summed E-state index contributed by atoms with van der Waals surface area (Å²) >= 11 is 0. The van der Waals surface area contributed by atoms with Crippen LogP contribution >= 0.6 is 0 Å². The lowest BCUT2D eigenvalue weighted by molar-refractivity contribution is -0.141. The second-order valence-corrected chi connectivity index (χ2v) is 7.14. The molecule has 0 bridgehead atoms. The van der Waals surface area contributed by atoms with Crippen molar-refractivity contribution in [3.63, 3.8) is 0 Å². The van der Waals surface area contributed by atoms with E-state index < -0.39 is 11.9 Å². The Morgan fingerprint density at radius 3 is 2.56 bits per heavy atom. The highest BCUT2D eigenvalue weighted by Crippen LogP contribution is 2.34. The zero-order chi connectivity index (χ0) is 19.4. The molecule has 0 aliphatic carbocycles. The molecule has 5 heteroatoms. The molecule has 0 aromatic heterocycles. The number of carboxylic acids is 1. The molecule has 142 valence electrons. The van der Waals surface area contributed by atoms with E-state index in [0.717, 1.165) is 16.9 Å². The minimum atomic E-state index is -0.847. The molecule has 1 N–H and O–H groups in total. The third-order valence-electron chi connectivity index (χ3n) is 5.36. The van der Waals surface area contributed by atoms with Crippen molar-refractivity contribution in [2.45, 2.75) is 25.2 Å². The molecule has 3 atom stereocenters. The van der Waals surface area contributed by atoms with Gasteiger partial charge in [-0.15, -0.1) is 0 Å². The lowest BCUT2D eigenvalue weighted by Gasteiger charge is -2.19. The first kappa shape index (κ1) is 19.0. The number of hydrogen-bond donors (Lipinski definition) is 1. The Morgan fingerprint density at radius 1 is 1.15 bits per heavy atom. The number of hydrogen-bond acceptors (Lipinski definition) is 3. The third kappa shape index (κ3) is 4.30. The van der Waals surface area contributed by atoms with Crippen molar-refractivity contribution in [3.8, 4) is 5.75 Å². The van der Waals surface area contributed by atoms with Gasteiger partial charge in [-0.3, -0.25) is 9.59 Å². The fourth-order valence-corrected chi connectivity index (χ4v) is 3.75. The van der Waals surface area contributed by atoms with E-state index in [1.807, 2.05) is 61.5 Å². The number of benzene rings is 2. The quantitative estimate of drug-likeness (QED) is 0.848. The Morgan fingerprint density at radius 2 is 1.89 bits per heavy atom. The Hall–Kier alpha value is -2.82. The molecule has 1 aliphatic rings. The minimum absolute atomic E-state index is 0.00463. The summed E-state index contributed by atoms with van der Waals surface area (Å²) in [6.45, 7) is 2.72. The number of aliphatic carboxylic acids is 1. The fraction of sp³-hybridized carbons (Fsp3) is 0.364. The normalized spacial score (nSPS) is 20.3. The number of rotatable bonds is 6. The molecular weight excluding hydrogens is 342 g/mol. The Kier molecular flexibility index (Phi) is 5.79. The first-order chi connectivity index (χ1) is 13.0. The van der Waals surface area contributed by atoms with Crippen molar-refractivity contribution < 1.29 is 19.4 Å². The third-order valence-corrected chi connectivity index (χ3v) is 5.36. The highest BCUT2D eigenvalue weighted by molar-refractivity contribution is 5.80. The number of methoxy groups -OCH3 is 1. The predicted octanol–water partition coefficient (Wildman–Crippen LogP) is 3.52. The molecule has 1 saturated heterocycles. The predicted molar refractivity (Wildman–Crippen MR) is 103 cm³/mol. The molecule has 27 heavy (non-hydrogen) atoms. The van der Waals surface area contributed by atoms with Crippen LogP contribution in [-0.2, 0) is 9.59 Å². The molecular formula is C22H25NO4. The van der Waals surface area contributed by atoms with Crippen molar-refractivity contribution >= 4 is 11.9 Å². The van der Waals surface area contributed by atoms with Gasteiger partial charge in [-0.05, 0) is 29.2 Å². The highest BCUT2D eigenvalue weighted by Gasteiger charge is 2.40. The lowest BCUT2D eigenvalue weighted by atomic mass is 9.89. The van der Waals surface area contributed by atoms with Crippen LogP contribution in [0.3, 0.4) is 0 Å². The summed E-state index contributed by atoms with van der Waals surface area (Å²) in [5, 5.41) is 9.61. The van der Waals surface area contributed by atoms with Gasteiger partial charge in [0.25, 0.3) is 0 Å². The van der Waals surface area contributed by atoms with Crippen molar-refractivity contribution in [3.05, 3.63) is 65.7 Å². The Balaban J connectivity index is 1.70. The number of nitrogens with zero attached hydrogens (tertiary/aromatic N) is 1. The summed E-state index contributed by atoms with van der Waals surface area (Å²) < 4.78 is 5.25. The topological polar surface area (TPSA) is 66.8 Å².